The standard InChI is InChI=1S/C18H21FN2O5S/c1-12(22)25-26-17-8-5-14(9-16(17)19)18(2,21)11-27(23,24)15-6-3-13(10-20)4-7-15/h3-9H,10-11,20-21H2,1-2H3. The Bertz CT molecular complexity index is 927. The largest absolute Gasteiger partial charge is 0.352 e. The molecule has 7 nitrogen and oxygen atoms in total. The zero-order valence-electron chi connectivity index (χ0n) is 14.9. The van der Waals surface area contributed by atoms with Gasteiger partial charge in [-0.05, 0) is 42.3 Å². The summed E-state index contributed by atoms with van der Waals surface area (Å²) >= 11 is 0. The molecule has 2 aromatic carbocycles. The van der Waals surface area contributed by atoms with Crippen molar-refractivity contribution in [3.8, 4) is 5.75 Å². The van der Waals surface area contributed by atoms with E-state index in [0.29, 0.717) is 6.54 Å². The lowest BCUT2D eigenvalue weighted by Crippen LogP contribution is -2.40. The van der Waals surface area contributed by atoms with Crippen molar-refractivity contribution in [2.45, 2.75) is 30.8 Å². The highest BCUT2D eigenvalue weighted by molar-refractivity contribution is 7.91. The van der Waals surface area contributed by atoms with Gasteiger partial charge in [0.25, 0.3) is 0 Å². The molecule has 2 aromatic rings. The Hall–Kier alpha value is -2.49. The zero-order chi connectivity index (χ0) is 20.2. The molecule has 9 heteroatoms. The summed E-state index contributed by atoms with van der Waals surface area (Å²) in [7, 11) is -3.72. The third kappa shape index (κ3) is 5.25. The van der Waals surface area contributed by atoms with E-state index in [4.69, 9.17) is 11.5 Å². The number of sulfone groups is 1. The smallest absolute Gasteiger partial charge is 0.326 e. The average Bonchev–Trinajstić information content (AvgIpc) is 2.59. The van der Waals surface area contributed by atoms with E-state index in [1.54, 1.807) is 12.1 Å². The number of halogens is 1. The number of carbonyl (C=O) groups is 1. The summed E-state index contributed by atoms with van der Waals surface area (Å²) in [5, 5.41) is 0. The van der Waals surface area contributed by atoms with Crippen molar-refractivity contribution in [1.82, 2.24) is 0 Å². The first kappa shape index (κ1) is 20.8. The van der Waals surface area contributed by atoms with Gasteiger partial charge in [0.05, 0.1) is 16.2 Å². The lowest BCUT2D eigenvalue weighted by atomic mass is 9.95. The van der Waals surface area contributed by atoms with Crippen LogP contribution in [0.25, 0.3) is 0 Å². The Morgan fingerprint density at radius 2 is 1.81 bits per heavy atom. The topological polar surface area (TPSA) is 122 Å². The predicted octanol–water partition coefficient (Wildman–Crippen LogP) is 1.79. The molecule has 0 aliphatic carbocycles. The summed E-state index contributed by atoms with van der Waals surface area (Å²) in [4.78, 5) is 19.7. The van der Waals surface area contributed by atoms with E-state index in [2.05, 4.69) is 9.78 Å². The number of hydrogen-bond acceptors (Lipinski definition) is 7. The Labute approximate surface area is 156 Å². The molecular weight excluding hydrogens is 375 g/mol. The van der Waals surface area contributed by atoms with E-state index in [9.17, 15) is 17.6 Å². The summed E-state index contributed by atoms with van der Waals surface area (Å²) in [6, 6.07) is 9.85. The van der Waals surface area contributed by atoms with Crippen molar-refractivity contribution in [3.05, 3.63) is 59.4 Å². The molecule has 0 aliphatic heterocycles. The highest BCUT2D eigenvalue weighted by Gasteiger charge is 2.30. The van der Waals surface area contributed by atoms with Crippen molar-refractivity contribution >= 4 is 15.8 Å². The number of rotatable bonds is 7. The van der Waals surface area contributed by atoms with Crippen LogP contribution in [0.2, 0.25) is 0 Å². The quantitative estimate of drug-likeness (QED) is 0.540. The van der Waals surface area contributed by atoms with E-state index >= 15 is 0 Å². The van der Waals surface area contributed by atoms with E-state index in [1.807, 2.05) is 0 Å². The highest BCUT2D eigenvalue weighted by atomic mass is 32.2. The number of nitrogens with two attached hydrogens (primary N) is 2. The number of benzene rings is 2. The SMILES string of the molecule is CC(=O)OOc1ccc(C(C)(N)CS(=O)(=O)c2ccc(CN)cc2)cc1F. The molecule has 2 rings (SSSR count). The lowest BCUT2D eigenvalue weighted by molar-refractivity contribution is -0.211. The molecular formula is C18H21FN2O5S. The van der Waals surface area contributed by atoms with Crippen LogP contribution in [0.3, 0.4) is 0 Å². The lowest BCUT2D eigenvalue weighted by Gasteiger charge is -2.25. The molecule has 0 aromatic heterocycles. The fourth-order valence-corrected chi connectivity index (χ4v) is 4.10. The molecule has 0 heterocycles. The predicted molar refractivity (Wildman–Crippen MR) is 96.7 cm³/mol. The van der Waals surface area contributed by atoms with E-state index < -0.39 is 32.9 Å². The van der Waals surface area contributed by atoms with Crippen molar-refractivity contribution in [3.63, 3.8) is 0 Å². The maximum absolute atomic E-state index is 14.1. The minimum Gasteiger partial charge on any atom is -0.326 e. The van der Waals surface area contributed by atoms with Crippen LogP contribution in [-0.4, -0.2) is 20.1 Å². The molecule has 0 aliphatic rings. The van der Waals surface area contributed by atoms with Gasteiger partial charge in [0.1, 0.15) is 0 Å². The van der Waals surface area contributed by atoms with Gasteiger partial charge in [-0.3, -0.25) is 9.78 Å². The van der Waals surface area contributed by atoms with Crippen LogP contribution in [0.15, 0.2) is 47.4 Å². The van der Waals surface area contributed by atoms with Crippen molar-refractivity contribution in [2.75, 3.05) is 5.75 Å². The first-order valence-electron chi connectivity index (χ1n) is 8.01. The summed E-state index contributed by atoms with van der Waals surface area (Å²) in [5.41, 5.74) is 11.4. The Morgan fingerprint density at radius 3 is 2.33 bits per heavy atom. The van der Waals surface area contributed by atoms with Crippen LogP contribution < -0.4 is 16.4 Å². The normalized spacial score (nSPS) is 13.7. The van der Waals surface area contributed by atoms with Crippen LogP contribution in [0.1, 0.15) is 25.0 Å². The minimum atomic E-state index is -3.72. The fraction of sp³-hybridized carbons (Fsp3) is 0.278. The van der Waals surface area contributed by atoms with E-state index in [-0.39, 0.29) is 16.2 Å². The Balaban J connectivity index is 2.23. The van der Waals surface area contributed by atoms with Gasteiger partial charge in [-0.2, -0.15) is 0 Å². The van der Waals surface area contributed by atoms with Gasteiger partial charge >= 0.3 is 5.97 Å². The second-order valence-electron chi connectivity index (χ2n) is 6.33. The van der Waals surface area contributed by atoms with Crippen LogP contribution in [0.4, 0.5) is 4.39 Å². The second-order valence-corrected chi connectivity index (χ2v) is 8.32. The van der Waals surface area contributed by atoms with E-state index in [1.165, 1.54) is 31.2 Å². The van der Waals surface area contributed by atoms with Gasteiger partial charge in [-0.15, -0.1) is 0 Å². The first-order chi connectivity index (χ1) is 12.5. The monoisotopic (exact) mass is 396 g/mol. The molecule has 0 saturated heterocycles. The van der Waals surface area contributed by atoms with Gasteiger partial charge in [0.15, 0.2) is 15.7 Å². The fourth-order valence-electron chi connectivity index (χ4n) is 2.42. The van der Waals surface area contributed by atoms with Gasteiger partial charge in [-0.25, -0.2) is 17.6 Å². The molecule has 0 radical (unpaired) electrons. The number of carbonyl (C=O) groups excluding carboxylic acids is 1. The molecule has 1 atom stereocenters. The maximum atomic E-state index is 14.1. The molecule has 146 valence electrons. The molecule has 1 unspecified atom stereocenters. The van der Waals surface area contributed by atoms with Gasteiger partial charge in [-0.1, -0.05) is 18.2 Å². The molecule has 0 bridgehead atoms. The average molecular weight is 396 g/mol. The Morgan fingerprint density at radius 1 is 1.19 bits per heavy atom. The summed E-state index contributed by atoms with van der Waals surface area (Å²) in [6.45, 7) is 2.89. The molecule has 0 fully saturated rings. The van der Waals surface area contributed by atoms with Crippen LogP contribution in [-0.2, 0) is 31.6 Å². The molecule has 4 N–H and O–H groups in total. The molecule has 0 spiro atoms. The van der Waals surface area contributed by atoms with Crippen LogP contribution >= 0.6 is 0 Å². The van der Waals surface area contributed by atoms with Gasteiger partial charge in [0, 0.05) is 13.5 Å². The van der Waals surface area contributed by atoms with Crippen molar-refractivity contribution in [2.24, 2.45) is 11.5 Å². The Kier molecular flexibility index (Phi) is 6.19. The maximum Gasteiger partial charge on any atom is 0.352 e. The minimum absolute atomic E-state index is 0.103. The highest BCUT2D eigenvalue weighted by Crippen LogP contribution is 2.27. The molecule has 27 heavy (non-hydrogen) atoms. The number of hydrogen-bond donors (Lipinski definition) is 2. The van der Waals surface area contributed by atoms with E-state index in [0.717, 1.165) is 18.6 Å². The van der Waals surface area contributed by atoms with Gasteiger partial charge in [0.2, 0.25) is 5.75 Å². The third-order valence-corrected chi connectivity index (χ3v) is 5.82. The zero-order valence-corrected chi connectivity index (χ0v) is 15.8. The van der Waals surface area contributed by atoms with Gasteiger partial charge < -0.3 is 11.5 Å². The molecule has 0 saturated carbocycles. The molecule has 0 amide bonds. The first-order valence-corrected chi connectivity index (χ1v) is 9.66. The summed E-state index contributed by atoms with van der Waals surface area (Å²) in [6.07, 6.45) is 0. The van der Waals surface area contributed by atoms with Crippen molar-refractivity contribution < 1.29 is 27.4 Å². The summed E-state index contributed by atoms with van der Waals surface area (Å²) in [5.74, 6) is -2.33. The summed E-state index contributed by atoms with van der Waals surface area (Å²) < 4.78 is 39.5. The third-order valence-electron chi connectivity index (χ3n) is 3.85. The second kappa shape index (κ2) is 8.03. The van der Waals surface area contributed by atoms with Crippen LogP contribution in [0.5, 0.6) is 5.75 Å². The van der Waals surface area contributed by atoms with Crippen molar-refractivity contribution in [1.29, 1.82) is 0 Å². The van der Waals surface area contributed by atoms with Crippen LogP contribution in [0, 0.1) is 5.82 Å².